The zero-order valence-electron chi connectivity index (χ0n) is 11.5. The molecule has 5 heteroatoms. The molecule has 0 amide bonds. The second-order valence-corrected chi connectivity index (χ2v) is 5.44. The summed E-state index contributed by atoms with van der Waals surface area (Å²) in [5, 5.41) is 11.6. The van der Waals surface area contributed by atoms with Gasteiger partial charge in [0.25, 0.3) is 0 Å². The van der Waals surface area contributed by atoms with Crippen LogP contribution < -0.4 is 10.5 Å². The molecule has 1 heterocycles. The van der Waals surface area contributed by atoms with Crippen molar-refractivity contribution in [3.63, 3.8) is 0 Å². The van der Waals surface area contributed by atoms with Gasteiger partial charge in [-0.2, -0.15) is 0 Å². The highest BCUT2D eigenvalue weighted by Gasteiger charge is 2.41. The summed E-state index contributed by atoms with van der Waals surface area (Å²) >= 11 is 6.03. The second-order valence-electron chi connectivity index (χ2n) is 5.01. The molecule has 0 bridgehead atoms. The first-order chi connectivity index (χ1) is 10.0. The van der Waals surface area contributed by atoms with Gasteiger partial charge in [0.2, 0.25) is 0 Å². The number of benzene rings is 2. The molecule has 0 fully saturated rings. The van der Waals surface area contributed by atoms with Crippen LogP contribution in [0, 0.1) is 0 Å². The predicted molar refractivity (Wildman–Crippen MR) is 83.3 cm³/mol. The molecule has 3 N–H and O–H groups in total. The molecule has 0 saturated heterocycles. The summed E-state index contributed by atoms with van der Waals surface area (Å²) in [6.45, 7) is 0. The van der Waals surface area contributed by atoms with E-state index in [2.05, 4.69) is 4.99 Å². The van der Waals surface area contributed by atoms with Crippen LogP contribution in [-0.2, 0) is 12.0 Å². The third kappa shape index (κ3) is 2.26. The molecule has 2 aromatic rings. The van der Waals surface area contributed by atoms with Gasteiger partial charge in [0.15, 0.2) is 5.60 Å². The molecule has 4 nitrogen and oxygen atoms in total. The van der Waals surface area contributed by atoms with Gasteiger partial charge in [-0.3, -0.25) is 0 Å². The molecule has 108 valence electrons. The minimum absolute atomic E-state index is 0.172. The number of aliphatic hydroxyl groups is 1. The van der Waals surface area contributed by atoms with Gasteiger partial charge in [0.05, 0.1) is 12.8 Å². The van der Waals surface area contributed by atoms with Gasteiger partial charge >= 0.3 is 0 Å². The normalized spacial score (nSPS) is 20.0. The molecular formula is C16H15ClN2O2. The van der Waals surface area contributed by atoms with Crippen molar-refractivity contribution < 1.29 is 9.84 Å². The fourth-order valence-corrected chi connectivity index (χ4v) is 2.78. The van der Waals surface area contributed by atoms with E-state index in [0.29, 0.717) is 22.0 Å². The minimum Gasteiger partial charge on any atom is -0.496 e. The quantitative estimate of drug-likeness (QED) is 0.916. The van der Waals surface area contributed by atoms with Gasteiger partial charge in [-0.25, -0.2) is 4.99 Å². The maximum absolute atomic E-state index is 11.0. The molecule has 1 unspecified atom stereocenters. The Kier molecular flexibility index (Phi) is 3.35. The van der Waals surface area contributed by atoms with Crippen molar-refractivity contribution in [2.24, 2.45) is 10.7 Å². The number of para-hydroxylation sites is 1. The van der Waals surface area contributed by atoms with Gasteiger partial charge in [0, 0.05) is 17.0 Å². The Hall–Kier alpha value is -2.04. The van der Waals surface area contributed by atoms with Crippen molar-refractivity contribution in [3.05, 3.63) is 58.6 Å². The fourth-order valence-electron chi connectivity index (χ4n) is 2.61. The van der Waals surface area contributed by atoms with Crippen LogP contribution in [0.1, 0.15) is 11.1 Å². The first-order valence-electron chi connectivity index (χ1n) is 6.53. The average Bonchev–Trinajstić information content (AvgIpc) is 2.72. The predicted octanol–water partition coefficient (Wildman–Crippen LogP) is 2.78. The fraction of sp³-hybridized carbons (Fsp3) is 0.188. The number of ether oxygens (including phenoxy) is 1. The second kappa shape index (κ2) is 5.06. The SMILES string of the molecule is COc1ccccc1CC1(O)C(N)=Nc2ccc(Cl)cc21. The van der Waals surface area contributed by atoms with Crippen molar-refractivity contribution in [1.82, 2.24) is 0 Å². The zero-order chi connectivity index (χ0) is 15.0. The summed E-state index contributed by atoms with van der Waals surface area (Å²) in [4.78, 5) is 4.24. The molecule has 0 radical (unpaired) electrons. The lowest BCUT2D eigenvalue weighted by Gasteiger charge is -2.25. The summed E-state index contributed by atoms with van der Waals surface area (Å²) in [6, 6.07) is 12.7. The van der Waals surface area contributed by atoms with Crippen LogP contribution in [0.2, 0.25) is 5.02 Å². The van der Waals surface area contributed by atoms with Gasteiger partial charge in [0.1, 0.15) is 11.6 Å². The summed E-state index contributed by atoms with van der Waals surface area (Å²) in [5.74, 6) is 0.875. The number of rotatable bonds is 3. The van der Waals surface area contributed by atoms with E-state index in [4.69, 9.17) is 22.1 Å². The van der Waals surface area contributed by atoms with Crippen LogP contribution in [0.15, 0.2) is 47.5 Å². The Morgan fingerprint density at radius 1 is 1.29 bits per heavy atom. The minimum atomic E-state index is -1.37. The third-order valence-corrected chi connectivity index (χ3v) is 3.94. The van der Waals surface area contributed by atoms with Crippen LogP contribution in [0.5, 0.6) is 5.75 Å². The molecule has 0 aromatic heterocycles. The van der Waals surface area contributed by atoms with E-state index < -0.39 is 5.60 Å². The molecule has 0 saturated carbocycles. The average molecular weight is 303 g/mol. The summed E-state index contributed by atoms with van der Waals surface area (Å²) in [6.07, 6.45) is 0.277. The van der Waals surface area contributed by atoms with E-state index in [1.807, 2.05) is 24.3 Å². The van der Waals surface area contributed by atoms with Gasteiger partial charge in [-0.1, -0.05) is 29.8 Å². The topological polar surface area (TPSA) is 67.8 Å². The molecule has 2 aromatic carbocycles. The Bertz CT molecular complexity index is 730. The number of fused-ring (bicyclic) bond motifs is 1. The highest BCUT2D eigenvalue weighted by molar-refractivity contribution is 6.30. The van der Waals surface area contributed by atoms with Crippen LogP contribution in [-0.4, -0.2) is 18.1 Å². The highest BCUT2D eigenvalue weighted by Crippen LogP contribution is 2.41. The number of methoxy groups -OCH3 is 1. The van der Waals surface area contributed by atoms with E-state index in [9.17, 15) is 5.11 Å². The number of aliphatic imine (C=N–C) groups is 1. The molecule has 1 atom stereocenters. The molecule has 1 aliphatic heterocycles. The maximum Gasteiger partial charge on any atom is 0.153 e. The largest absolute Gasteiger partial charge is 0.496 e. The molecule has 21 heavy (non-hydrogen) atoms. The number of amidine groups is 1. The van der Waals surface area contributed by atoms with Crippen LogP contribution in [0.3, 0.4) is 0 Å². The van der Waals surface area contributed by atoms with Crippen LogP contribution in [0.25, 0.3) is 0 Å². The van der Waals surface area contributed by atoms with Gasteiger partial charge in [-0.05, 0) is 29.8 Å². The molecule has 1 aliphatic rings. The Morgan fingerprint density at radius 2 is 2.05 bits per heavy atom. The number of hydrogen-bond acceptors (Lipinski definition) is 4. The number of halogens is 1. The van der Waals surface area contributed by atoms with E-state index in [1.54, 1.807) is 25.3 Å². The molecule has 0 aliphatic carbocycles. The maximum atomic E-state index is 11.0. The smallest absolute Gasteiger partial charge is 0.153 e. The van der Waals surface area contributed by atoms with Crippen LogP contribution >= 0.6 is 11.6 Å². The first-order valence-corrected chi connectivity index (χ1v) is 6.91. The Morgan fingerprint density at radius 3 is 2.81 bits per heavy atom. The first kappa shape index (κ1) is 13.9. The van der Waals surface area contributed by atoms with E-state index in [1.165, 1.54) is 0 Å². The monoisotopic (exact) mass is 302 g/mol. The summed E-state index contributed by atoms with van der Waals surface area (Å²) < 4.78 is 5.33. The molecule has 3 rings (SSSR count). The van der Waals surface area contributed by atoms with Crippen molar-refractivity contribution >= 4 is 23.1 Å². The standard InChI is InChI=1S/C16H15ClN2O2/c1-21-14-5-3-2-4-10(14)9-16(20)12-8-11(17)6-7-13(12)19-15(16)18/h2-8,20H,9H2,1H3,(H2,18,19). The lowest BCUT2D eigenvalue weighted by molar-refractivity contribution is 0.113. The lowest BCUT2D eigenvalue weighted by Crippen LogP contribution is -2.40. The van der Waals surface area contributed by atoms with E-state index in [-0.39, 0.29) is 12.3 Å². The zero-order valence-corrected chi connectivity index (χ0v) is 12.3. The van der Waals surface area contributed by atoms with Crippen molar-refractivity contribution in [1.29, 1.82) is 0 Å². The molecular weight excluding hydrogens is 288 g/mol. The lowest BCUT2D eigenvalue weighted by atomic mass is 9.87. The van der Waals surface area contributed by atoms with Crippen LogP contribution in [0.4, 0.5) is 5.69 Å². The summed E-state index contributed by atoms with van der Waals surface area (Å²) in [5.41, 5.74) is 6.73. The van der Waals surface area contributed by atoms with E-state index in [0.717, 1.165) is 5.56 Å². The van der Waals surface area contributed by atoms with Crippen molar-refractivity contribution in [2.75, 3.05) is 7.11 Å². The molecule has 0 spiro atoms. The number of nitrogens with zero attached hydrogens (tertiary/aromatic N) is 1. The van der Waals surface area contributed by atoms with Gasteiger partial charge < -0.3 is 15.6 Å². The Balaban J connectivity index is 2.06. The van der Waals surface area contributed by atoms with Crippen molar-refractivity contribution in [2.45, 2.75) is 12.0 Å². The third-order valence-electron chi connectivity index (χ3n) is 3.71. The Labute approximate surface area is 127 Å². The highest BCUT2D eigenvalue weighted by atomic mass is 35.5. The number of nitrogens with two attached hydrogens (primary N) is 1. The summed E-state index contributed by atoms with van der Waals surface area (Å²) in [7, 11) is 1.60. The number of hydrogen-bond donors (Lipinski definition) is 2. The van der Waals surface area contributed by atoms with Gasteiger partial charge in [-0.15, -0.1) is 0 Å². The van der Waals surface area contributed by atoms with E-state index >= 15 is 0 Å². The van der Waals surface area contributed by atoms with Crippen molar-refractivity contribution in [3.8, 4) is 5.75 Å².